The van der Waals surface area contributed by atoms with E-state index in [1.807, 2.05) is 73.3 Å². The fourth-order valence-corrected chi connectivity index (χ4v) is 5.13. The Morgan fingerprint density at radius 1 is 1.00 bits per heavy atom. The molecule has 0 saturated heterocycles. The highest BCUT2D eigenvalue weighted by molar-refractivity contribution is 6.02. The Hall–Kier alpha value is -2.62. The third-order valence-electron chi connectivity index (χ3n) is 6.88. The maximum Gasteiger partial charge on any atom is 0.255 e. The van der Waals surface area contributed by atoms with Crippen LogP contribution in [0.2, 0.25) is 0 Å². The molecule has 30 heavy (non-hydrogen) atoms. The highest BCUT2D eigenvalue weighted by Gasteiger charge is 2.49. The number of nitrogens with zero attached hydrogens (tertiary/aromatic N) is 1. The molecule has 0 unspecified atom stereocenters. The summed E-state index contributed by atoms with van der Waals surface area (Å²) in [6.45, 7) is 3.96. The second kappa shape index (κ2) is 8.63. The van der Waals surface area contributed by atoms with Crippen molar-refractivity contribution in [2.45, 2.75) is 76.4 Å². The van der Waals surface area contributed by atoms with Crippen LogP contribution >= 0.6 is 0 Å². The Labute approximate surface area is 179 Å². The lowest BCUT2D eigenvalue weighted by Gasteiger charge is -2.47. The molecule has 0 spiro atoms. The van der Waals surface area contributed by atoms with Crippen LogP contribution < -0.4 is 5.32 Å². The Bertz CT molecular complexity index is 902. The molecule has 4 heteroatoms. The van der Waals surface area contributed by atoms with Crippen molar-refractivity contribution in [3.63, 3.8) is 0 Å². The first-order valence-electron chi connectivity index (χ1n) is 11.3. The van der Waals surface area contributed by atoms with Crippen molar-refractivity contribution < 1.29 is 9.59 Å². The lowest BCUT2D eigenvalue weighted by Crippen LogP contribution is -2.64. The smallest absolute Gasteiger partial charge is 0.255 e. The molecule has 1 saturated carbocycles. The molecule has 1 aliphatic heterocycles. The summed E-state index contributed by atoms with van der Waals surface area (Å²) in [5, 5.41) is 3.32. The van der Waals surface area contributed by atoms with E-state index in [1.165, 1.54) is 12.8 Å². The van der Waals surface area contributed by atoms with Gasteiger partial charge >= 0.3 is 0 Å². The van der Waals surface area contributed by atoms with Gasteiger partial charge in [0.25, 0.3) is 5.91 Å². The number of hydrogen-bond acceptors (Lipinski definition) is 2. The van der Waals surface area contributed by atoms with Gasteiger partial charge in [0.15, 0.2) is 0 Å². The zero-order valence-electron chi connectivity index (χ0n) is 18.1. The number of carbonyl (C=O) groups excluding carboxylic acids is 2. The summed E-state index contributed by atoms with van der Waals surface area (Å²) in [5.41, 5.74) is 1.78. The summed E-state index contributed by atoms with van der Waals surface area (Å²) in [6, 6.07) is 17.7. The van der Waals surface area contributed by atoms with E-state index in [-0.39, 0.29) is 23.9 Å². The number of benzene rings is 2. The molecule has 4 rings (SSSR count). The molecular weight excluding hydrogens is 372 g/mol. The molecule has 1 N–H and O–H groups in total. The molecule has 1 fully saturated rings. The van der Waals surface area contributed by atoms with E-state index in [2.05, 4.69) is 5.32 Å². The summed E-state index contributed by atoms with van der Waals surface area (Å²) in [6.07, 6.45) is 7.40. The van der Waals surface area contributed by atoms with Gasteiger partial charge in [-0.3, -0.25) is 9.59 Å². The molecule has 2 aromatic rings. The van der Waals surface area contributed by atoms with Crippen molar-refractivity contribution in [3.05, 3.63) is 71.3 Å². The first-order chi connectivity index (χ1) is 14.5. The van der Waals surface area contributed by atoms with Gasteiger partial charge < -0.3 is 10.2 Å². The fraction of sp³-hybridized carbons (Fsp3) is 0.462. The minimum absolute atomic E-state index is 0.0277. The average molecular weight is 405 g/mol. The molecule has 4 nitrogen and oxygen atoms in total. The van der Waals surface area contributed by atoms with E-state index < -0.39 is 5.54 Å². The zero-order valence-corrected chi connectivity index (χ0v) is 18.1. The number of rotatable bonds is 4. The molecule has 1 heterocycles. The van der Waals surface area contributed by atoms with Crippen molar-refractivity contribution in [2.24, 2.45) is 0 Å². The molecule has 1 aliphatic carbocycles. The minimum atomic E-state index is -0.924. The van der Waals surface area contributed by atoms with E-state index in [0.29, 0.717) is 12.0 Å². The topological polar surface area (TPSA) is 49.4 Å². The number of amides is 2. The second-order valence-corrected chi connectivity index (χ2v) is 9.03. The van der Waals surface area contributed by atoms with Gasteiger partial charge in [-0.1, -0.05) is 74.2 Å². The highest BCUT2D eigenvalue weighted by Crippen LogP contribution is 2.38. The number of carbonyl (C=O) groups is 2. The van der Waals surface area contributed by atoms with Crippen LogP contribution in [0.3, 0.4) is 0 Å². The lowest BCUT2D eigenvalue weighted by molar-refractivity contribution is -0.133. The van der Waals surface area contributed by atoms with Gasteiger partial charge in [0.1, 0.15) is 5.54 Å². The van der Waals surface area contributed by atoms with Gasteiger partial charge in [0.05, 0.1) is 6.04 Å². The normalized spacial score (nSPS) is 23.4. The van der Waals surface area contributed by atoms with Gasteiger partial charge in [-0.05, 0) is 43.9 Å². The van der Waals surface area contributed by atoms with Crippen LogP contribution in [0.15, 0.2) is 54.6 Å². The van der Waals surface area contributed by atoms with Crippen LogP contribution in [0, 0.1) is 0 Å². The number of nitrogens with one attached hydrogen (secondary N) is 1. The highest BCUT2D eigenvalue weighted by atomic mass is 16.2. The predicted octanol–water partition coefficient (Wildman–Crippen LogP) is 5.04. The van der Waals surface area contributed by atoms with Gasteiger partial charge in [-0.25, -0.2) is 0 Å². The standard InChI is InChI=1S/C26H32N2O2/c1-19(20-12-6-5-7-13-20)28-24(29)23-17-11-10-14-21(23)18-26(28,2)25(30)27-22-15-8-3-4-9-16-22/h5-7,10-14,17,19,22H,3-4,8-9,15-16,18H2,1-2H3,(H,27,30)/t19-,26+/m0/s1. The van der Waals surface area contributed by atoms with Gasteiger partial charge in [0, 0.05) is 18.0 Å². The first-order valence-corrected chi connectivity index (χ1v) is 11.3. The van der Waals surface area contributed by atoms with Crippen molar-refractivity contribution >= 4 is 11.8 Å². The van der Waals surface area contributed by atoms with Gasteiger partial charge in [-0.15, -0.1) is 0 Å². The SMILES string of the molecule is C[C@@H](c1ccccc1)N1C(=O)c2ccccc2C[C@]1(C)C(=O)NC1CCCCCC1. The van der Waals surface area contributed by atoms with Crippen LogP contribution in [0.4, 0.5) is 0 Å². The Kier molecular flexibility index (Phi) is 5.94. The monoisotopic (exact) mass is 404 g/mol. The van der Waals surface area contributed by atoms with E-state index >= 15 is 0 Å². The summed E-state index contributed by atoms with van der Waals surface area (Å²) < 4.78 is 0. The van der Waals surface area contributed by atoms with E-state index in [4.69, 9.17) is 0 Å². The molecule has 2 atom stereocenters. The van der Waals surface area contributed by atoms with Crippen molar-refractivity contribution in [1.29, 1.82) is 0 Å². The molecule has 0 radical (unpaired) electrons. The van der Waals surface area contributed by atoms with Crippen molar-refractivity contribution in [1.82, 2.24) is 10.2 Å². The molecular formula is C26H32N2O2. The molecule has 2 amide bonds. The predicted molar refractivity (Wildman–Crippen MR) is 119 cm³/mol. The maximum atomic E-state index is 13.7. The van der Waals surface area contributed by atoms with Gasteiger partial charge in [-0.2, -0.15) is 0 Å². The van der Waals surface area contributed by atoms with Gasteiger partial charge in [0.2, 0.25) is 5.91 Å². The Morgan fingerprint density at radius 3 is 2.33 bits per heavy atom. The number of fused-ring (bicyclic) bond motifs is 1. The van der Waals surface area contributed by atoms with Crippen LogP contribution in [0.1, 0.15) is 79.9 Å². The first kappa shape index (κ1) is 20.6. The largest absolute Gasteiger partial charge is 0.351 e. The number of hydrogen-bond donors (Lipinski definition) is 1. The molecule has 0 aromatic heterocycles. The molecule has 158 valence electrons. The van der Waals surface area contributed by atoms with Crippen molar-refractivity contribution in [2.75, 3.05) is 0 Å². The summed E-state index contributed by atoms with van der Waals surface area (Å²) in [4.78, 5) is 29.2. The molecule has 2 aromatic carbocycles. The Balaban J connectivity index is 1.70. The van der Waals surface area contributed by atoms with E-state index in [0.717, 1.165) is 36.8 Å². The van der Waals surface area contributed by atoms with E-state index in [1.54, 1.807) is 0 Å². The van der Waals surface area contributed by atoms with E-state index in [9.17, 15) is 9.59 Å². The van der Waals surface area contributed by atoms with Crippen LogP contribution in [-0.4, -0.2) is 28.3 Å². The zero-order chi connectivity index (χ0) is 21.1. The van der Waals surface area contributed by atoms with Crippen LogP contribution in [-0.2, 0) is 11.2 Å². The summed E-state index contributed by atoms with van der Waals surface area (Å²) in [5.74, 6) is -0.0910. The summed E-state index contributed by atoms with van der Waals surface area (Å²) >= 11 is 0. The second-order valence-electron chi connectivity index (χ2n) is 9.03. The molecule has 2 aliphatic rings. The quantitative estimate of drug-likeness (QED) is 0.726. The average Bonchev–Trinajstić information content (AvgIpc) is 3.03. The van der Waals surface area contributed by atoms with Crippen LogP contribution in [0.25, 0.3) is 0 Å². The third kappa shape index (κ3) is 3.88. The van der Waals surface area contributed by atoms with Crippen LogP contribution in [0.5, 0.6) is 0 Å². The lowest BCUT2D eigenvalue weighted by atomic mass is 9.80. The summed E-state index contributed by atoms with van der Waals surface area (Å²) in [7, 11) is 0. The fourth-order valence-electron chi connectivity index (χ4n) is 5.13. The minimum Gasteiger partial charge on any atom is -0.351 e. The third-order valence-corrected chi connectivity index (χ3v) is 6.88. The maximum absolute atomic E-state index is 13.7. The molecule has 0 bridgehead atoms. The van der Waals surface area contributed by atoms with Crippen molar-refractivity contribution in [3.8, 4) is 0 Å². The Morgan fingerprint density at radius 2 is 1.63 bits per heavy atom.